The van der Waals surface area contributed by atoms with Crippen LogP contribution in [0.1, 0.15) is 48.3 Å². The summed E-state index contributed by atoms with van der Waals surface area (Å²) in [5.74, 6) is 0.891. The number of aliphatic carboxylic acids is 1. The van der Waals surface area contributed by atoms with Crippen molar-refractivity contribution in [2.24, 2.45) is 0 Å². The minimum absolute atomic E-state index is 0.140. The Morgan fingerprint density at radius 3 is 2.47 bits per heavy atom. The Labute approximate surface area is 227 Å². The molecule has 1 aromatic heterocycles. The molecule has 2 aliphatic rings. The Kier molecular flexibility index (Phi) is 6.32. The molecule has 0 aliphatic heterocycles. The zero-order valence-electron chi connectivity index (χ0n) is 20.9. The highest BCUT2D eigenvalue weighted by molar-refractivity contribution is 6.30. The van der Waals surface area contributed by atoms with Gasteiger partial charge < -0.3 is 15.2 Å². The monoisotopic (exact) mass is 524 g/mol. The molecule has 1 saturated carbocycles. The number of anilines is 1. The van der Waals surface area contributed by atoms with Gasteiger partial charge in [0.05, 0.1) is 6.20 Å². The van der Waals surface area contributed by atoms with E-state index in [0.717, 1.165) is 30.7 Å². The van der Waals surface area contributed by atoms with E-state index >= 15 is 0 Å². The first-order chi connectivity index (χ1) is 18.5. The number of carboxylic acid groups (broad SMARTS) is 1. The van der Waals surface area contributed by atoms with Crippen molar-refractivity contribution in [2.45, 2.75) is 49.0 Å². The zero-order valence-corrected chi connectivity index (χ0v) is 21.7. The molecule has 0 amide bonds. The molecule has 1 atom stereocenters. The molecule has 2 N–H and O–H groups in total. The van der Waals surface area contributed by atoms with Crippen LogP contribution < -0.4 is 10.1 Å². The molecular weight excluding hydrogens is 496 g/mol. The van der Waals surface area contributed by atoms with Crippen molar-refractivity contribution >= 4 is 23.3 Å². The second-order valence-electron chi connectivity index (χ2n) is 10.5. The first kappa shape index (κ1) is 24.5. The predicted molar refractivity (Wildman–Crippen MR) is 149 cm³/mol. The van der Waals surface area contributed by atoms with E-state index in [1.54, 1.807) is 24.5 Å². The smallest absolute Gasteiger partial charge is 0.329 e. The fourth-order valence-electron chi connectivity index (χ4n) is 6.54. The van der Waals surface area contributed by atoms with E-state index in [-0.39, 0.29) is 11.3 Å². The number of aromatic nitrogens is 1. The van der Waals surface area contributed by atoms with Crippen LogP contribution in [0, 0.1) is 0 Å². The lowest BCUT2D eigenvalue weighted by Crippen LogP contribution is -2.52. The van der Waals surface area contributed by atoms with Crippen LogP contribution in [-0.4, -0.2) is 21.6 Å². The maximum absolute atomic E-state index is 12.7. The molecule has 2 aliphatic carbocycles. The van der Waals surface area contributed by atoms with Crippen LogP contribution in [0.25, 0.3) is 0 Å². The molecule has 192 valence electrons. The highest BCUT2D eigenvalue weighted by atomic mass is 35.5. The van der Waals surface area contributed by atoms with Gasteiger partial charge in [-0.1, -0.05) is 54.1 Å². The van der Waals surface area contributed by atoms with Crippen molar-refractivity contribution in [3.8, 4) is 11.5 Å². The second-order valence-corrected chi connectivity index (χ2v) is 10.9. The highest BCUT2D eigenvalue weighted by Crippen LogP contribution is 2.58. The lowest BCUT2D eigenvalue weighted by molar-refractivity contribution is -0.144. The normalized spacial score (nSPS) is 24.1. The van der Waals surface area contributed by atoms with Crippen LogP contribution in [0.3, 0.4) is 0 Å². The fraction of sp³-hybridized carbons (Fsp3) is 0.250. The van der Waals surface area contributed by atoms with E-state index in [9.17, 15) is 9.90 Å². The van der Waals surface area contributed by atoms with Crippen molar-refractivity contribution in [2.75, 3.05) is 5.32 Å². The summed E-state index contributed by atoms with van der Waals surface area (Å²) in [6.45, 7) is 0. The molecule has 38 heavy (non-hydrogen) atoms. The number of fused-ring (bicyclic) bond motifs is 2. The maximum atomic E-state index is 12.7. The lowest BCUT2D eigenvalue weighted by atomic mass is 9.59. The van der Waals surface area contributed by atoms with Crippen molar-refractivity contribution in [3.63, 3.8) is 0 Å². The molecule has 1 heterocycles. The van der Waals surface area contributed by atoms with Crippen LogP contribution in [0.15, 0.2) is 97.3 Å². The van der Waals surface area contributed by atoms with Crippen LogP contribution in [0.2, 0.25) is 5.02 Å². The number of carbonyl (C=O) groups is 1. The van der Waals surface area contributed by atoms with E-state index in [4.69, 9.17) is 16.3 Å². The van der Waals surface area contributed by atoms with Gasteiger partial charge in [0, 0.05) is 22.3 Å². The van der Waals surface area contributed by atoms with Gasteiger partial charge in [-0.25, -0.2) is 4.79 Å². The van der Waals surface area contributed by atoms with E-state index < -0.39 is 11.5 Å². The summed E-state index contributed by atoms with van der Waals surface area (Å²) >= 11 is 6.19. The van der Waals surface area contributed by atoms with Gasteiger partial charge in [0.15, 0.2) is 0 Å². The second kappa shape index (κ2) is 9.80. The van der Waals surface area contributed by atoms with Gasteiger partial charge in [-0.2, -0.15) is 0 Å². The quantitative estimate of drug-likeness (QED) is 0.271. The minimum Gasteiger partial charge on any atom is -0.480 e. The number of rotatable bonds is 6. The van der Waals surface area contributed by atoms with Gasteiger partial charge in [0.25, 0.3) is 0 Å². The molecule has 0 saturated heterocycles. The SMILES string of the molecule is O=C(O)C1(Nc2cccc(Cl)c2)CCC2(CC1)c1ccccc1CC2c1cccc(Oc2cccnc2)c1. The molecule has 5 nitrogen and oxygen atoms in total. The Morgan fingerprint density at radius 1 is 0.921 bits per heavy atom. The average Bonchev–Trinajstić information content (AvgIpc) is 3.25. The largest absolute Gasteiger partial charge is 0.480 e. The van der Waals surface area contributed by atoms with E-state index in [2.05, 4.69) is 46.7 Å². The van der Waals surface area contributed by atoms with Gasteiger partial charge in [-0.15, -0.1) is 0 Å². The highest BCUT2D eigenvalue weighted by Gasteiger charge is 2.54. The molecule has 6 rings (SSSR count). The number of nitrogens with one attached hydrogen (secondary N) is 1. The number of nitrogens with zero attached hydrogens (tertiary/aromatic N) is 1. The van der Waals surface area contributed by atoms with Crippen molar-refractivity contribution in [3.05, 3.63) is 119 Å². The number of benzene rings is 3. The van der Waals surface area contributed by atoms with Crippen molar-refractivity contribution in [1.29, 1.82) is 0 Å². The van der Waals surface area contributed by atoms with Crippen molar-refractivity contribution in [1.82, 2.24) is 4.98 Å². The fourth-order valence-corrected chi connectivity index (χ4v) is 6.73. The summed E-state index contributed by atoms with van der Waals surface area (Å²) in [5.41, 5.74) is 3.47. The minimum atomic E-state index is -1.04. The number of halogens is 1. The van der Waals surface area contributed by atoms with Crippen molar-refractivity contribution < 1.29 is 14.6 Å². The summed E-state index contributed by atoms with van der Waals surface area (Å²) in [4.78, 5) is 16.8. The first-order valence-electron chi connectivity index (χ1n) is 13.0. The van der Waals surface area contributed by atoms with Crippen LogP contribution >= 0.6 is 11.6 Å². The first-order valence-corrected chi connectivity index (χ1v) is 13.4. The van der Waals surface area contributed by atoms with E-state index in [0.29, 0.717) is 23.6 Å². The summed E-state index contributed by atoms with van der Waals surface area (Å²) in [6, 6.07) is 28.0. The Morgan fingerprint density at radius 2 is 1.71 bits per heavy atom. The number of ether oxygens (including phenoxy) is 1. The van der Waals surface area contributed by atoms with Gasteiger partial charge in [-0.05, 0) is 97.2 Å². The zero-order chi connectivity index (χ0) is 26.2. The third kappa shape index (κ3) is 4.41. The molecule has 4 aromatic rings. The van der Waals surface area contributed by atoms with Crippen LogP contribution in [-0.2, 0) is 16.6 Å². The molecule has 1 spiro atoms. The summed E-state index contributed by atoms with van der Waals surface area (Å²) in [7, 11) is 0. The average molecular weight is 525 g/mol. The van der Waals surface area contributed by atoms with Gasteiger partial charge in [0.2, 0.25) is 0 Å². The van der Waals surface area contributed by atoms with Gasteiger partial charge in [0.1, 0.15) is 17.0 Å². The Bertz CT molecular complexity index is 1460. The third-order valence-corrected chi connectivity index (χ3v) is 8.62. The lowest BCUT2D eigenvalue weighted by Gasteiger charge is -2.47. The topological polar surface area (TPSA) is 71.5 Å². The number of pyridine rings is 1. The molecule has 0 bridgehead atoms. The molecule has 0 radical (unpaired) electrons. The summed E-state index contributed by atoms with van der Waals surface area (Å²) in [5, 5.41) is 14.3. The molecule has 3 aromatic carbocycles. The maximum Gasteiger partial charge on any atom is 0.329 e. The summed E-state index contributed by atoms with van der Waals surface area (Å²) in [6.07, 6.45) is 6.93. The van der Waals surface area contributed by atoms with E-state index in [1.807, 2.05) is 36.4 Å². The predicted octanol–water partition coefficient (Wildman–Crippen LogP) is 7.61. The molecule has 6 heteroatoms. The number of hydrogen-bond acceptors (Lipinski definition) is 4. The molecule has 1 unspecified atom stereocenters. The van der Waals surface area contributed by atoms with Crippen LogP contribution in [0.5, 0.6) is 11.5 Å². The van der Waals surface area contributed by atoms with Gasteiger partial charge in [-0.3, -0.25) is 4.98 Å². The third-order valence-electron chi connectivity index (χ3n) is 8.39. The Balaban J connectivity index is 1.33. The molecular formula is C32H29ClN2O3. The summed E-state index contributed by atoms with van der Waals surface area (Å²) < 4.78 is 6.11. The Hall–Kier alpha value is -3.83. The standard InChI is InChI=1S/C32H29ClN2O3/c33-24-8-4-9-25(20-24)35-32(30(36)37)15-13-31(14-16-32)28-12-2-1-6-23(28)19-29(31)22-7-3-10-26(18-22)38-27-11-5-17-34-21-27/h1-12,17-18,20-21,29,35H,13-16,19H2,(H,36,37). The number of carboxylic acids is 1. The van der Waals surface area contributed by atoms with Crippen LogP contribution in [0.4, 0.5) is 5.69 Å². The van der Waals surface area contributed by atoms with E-state index in [1.165, 1.54) is 16.7 Å². The van der Waals surface area contributed by atoms with Gasteiger partial charge >= 0.3 is 5.97 Å². The number of hydrogen-bond donors (Lipinski definition) is 2. The molecule has 1 fully saturated rings.